The van der Waals surface area contributed by atoms with E-state index in [2.05, 4.69) is 9.97 Å². The SMILES string of the molecule is CCOC(=O)c1ccccc1-c1cncnc1. The Labute approximate surface area is 99.3 Å². The summed E-state index contributed by atoms with van der Waals surface area (Å²) in [6, 6.07) is 7.26. The maximum atomic E-state index is 11.8. The Balaban J connectivity index is 2.45. The van der Waals surface area contributed by atoms with Crippen molar-refractivity contribution in [2.75, 3.05) is 6.61 Å². The Morgan fingerprint density at radius 1 is 1.24 bits per heavy atom. The first-order valence-electron chi connectivity index (χ1n) is 5.34. The van der Waals surface area contributed by atoms with Crippen molar-refractivity contribution in [3.05, 3.63) is 48.5 Å². The van der Waals surface area contributed by atoms with E-state index in [0.29, 0.717) is 12.2 Å². The molecule has 17 heavy (non-hydrogen) atoms. The molecule has 0 spiro atoms. The monoisotopic (exact) mass is 228 g/mol. The normalized spacial score (nSPS) is 9.94. The predicted octanol–water partition coefficient (Wildman–Crippen LogP) is 2.32. The van der Waals surface area contributed by atoms with Gasteiger partial charge in [0.1, 0.15) is 6.33 Å². The molecule has 0 fully saturated rings. The molecule has 0 saturated heterocycles. The van der Waals surface area contributed by atoms with Crippen molar-refractivity contribution in [1.29, 1.82) is 0 Å². The van der Waals surface area contributed by atoms with Crippen molar-refractivity contribution < 1.29 is 9.53 Å². The lowest BCUT2D eigenvalue weighted by atomic mass is 10.0. The van der Waals surface area contributed by atoms with Crippen LogP contribution in [-0.4, -0.2) is 22.5 Å². The lowest BCUT2D eigenvalue weighted by Crippen LogP contribution is -2.06. The maximum absolute atomic E-state index is 11.8. The summed E-state index contributed by atoms with van der Waals surface area (Å²) in [4.78, 5) is 19.7. The molecule has 86 valence electrons. The van der Waals surface area contributed by atoms with Crippen molar-refractivity contribution in [3.8, 4) is 11.1 Å². The summed E-state index contributed by atoms with van der Waals surface area (Å²) >= 11 is 0. The third kappa shape index (κ3) is 2.47. The average molecular weight is 228 g/mol. The van der Waals surface area contributed by atoms with Crippen molar-refractivity contribution in [3.63, 3.8) is 0 Å². The van der Waals surface area contributed by atoms with Crippen LogP contribution < -0.4 is 0 Å². The molecule has 0 aliphatic rings. The second-order valence-corrected chi connectivity index (χ2v) is 3.39. The summed E-state index contributed by atoms with van der Waals surface area (Å²) in [5, 5.41) is 0. The lowest BCUT2D eigenvalue weighted by molar-refractivity contribution is 0.0527. The highest BCUT2D eigenvalue weighted by atomic mass is 16.5. The zero-order chi connectivity index (χ0) is 12.1. The molecule has 2 aromatic rings. The Hall–Kier alpha value is -2.23. The van der Waals surface area contributed by atoms with Crippen LogP contribution in [0.1, 0.15) is 17.3 Å². The number of hydrogen-bond donors (Lipinski definition) is 0. The van der Waals surface area contributed by atoms with Gasteiger partial charge in [-0.2, -0.15) is 0 Å². The number of ether oxygens (including phenoxy) is 1. The standard InChI is InChI=1S/C13H12N2O2/c1-2-17-13(16)12-6-4-3-5-11(12)10-7-14-9-15-8-10/h3-9H,2H2,1H3. The summed E-state index contributed by atoms with van der Waals surface area (Å²) in [6.07, 6.45) is 4.80. The third-order valence-electron chi connectivity index (χ3n) is 2.29. The molecule has 1 heterocycles. The van der Waals surface area contributed by atoms with Crippen LogP contribution in [0.15, 0.2) is 43.0 Å². The number of esters is 1. The van der Waals surface area contributed by atoms with E-state index in [9.17, 15) is 4.79 Å². The average Bonchev–Trinajstić information content (AvgIpc) is 2.40. The molecule has 2 rings (SSSR count). The third-order valence-corrected chi connectivity index (χ3v) is 2.29. The van der Waals surface area contributed by atoms with Crippen LogP contribution in [0, 0.1) is 0 Å². The summed E-state index contributed by atoms with van der Waals surface area (Å²) in [7, 11) is 0. The first-order chi connectivity index (χ1) is 8.33. The van der Waals surface area contributed by atoms with Crippen molar-refractivity contribution in [1.82, 2.24) is 9.97 Å². The van der Waals surface area contributed by atoms with Gasteiger partial charge in [-0.1, -0.05) is 18.2 Å². The van der Waals surface area contributed by atoms with Crippen molar-refractivity contribution >= 4 is 5.97 Å². The van der Waals surface area contributed by atoms with Gasteiger partial charge in [-0.3, -0.25) is 0 Å². The Kier molecular flexibility index (Phi) is 3.45. The molecule has 0 N–H and O–H groups in total. The van der Waals surface area contributed by atoms with Gasteiger partial charge in [0.05, 0.1) is 12.2 Å². The fraction of sp³-hybridized carbons (Fsp3) is 0.154. The Bertz CT molecular complexity index is 512. The van der Waals surface area contributed by atoms with E-state index in [0.717, 1.165) is 11.1 Å². The molecule has 0 aliphatic heterocycles. The van der Waals surface area contributed by atoms with Crippen LogP contribution >= 0.6 is 0 Å². The summed E-state index contributed by atoms with van der Waals surface area (Å²) in [5.74, 6) is -0.327. The van der Waals surface area contributed by atoms with E-state index in [1.165, 1.54) is 6.33 Å². The van der Waals surface area contributed by atoms with E-state index < -0.39 is 0 Å². The fourth-order valence-corrected chi connectivity index (χ4v) is 1.56. The van der Waals surface area contributed by atoms with Crippen LogP contribution in [0.4, 0.5) is 0 Å². The minimum absolute atomic E-state index is 0.327. The van der Waals surface area contributed by atoms with Crippen LogP contribution in [0.3, 0.4) is 0 Å². The summed E-state index contributed by atoms with van der Waals surface area (Å²) in [5.41, 5.74) is 2.12. The van der Waals surface area contributed by atoms with Gasteiger partial charge in [0.2, 0.25) is 0 Å². The highest BCUT2D eigenvalue weighted by molar-refractivity contribution is 5.97. The van der Waals surface area contributed by atoms with Crippen molar-refractivity contribution in [2.24, 2.45) is 0 Å². The van der Waals surface area contributed by atoms with Gasteiger partial charge in [0.25, 0.3) is 0 Å². The number of benzene rings is 1. The minimum atomic E-state index is -0.327. The highest BCUT2D eigenvalue weighted by Crippen LogP contribution is 2.22. The number of carbonyl (C=O) groups excluding carboxylic acids is 1. The van der Waals surface area contributed by atoms with Crippen LogP contribution in [0.5, 0.6) is 0 Å². The van der Waals surface area contributed by atoms with Gasteiger partial charge in [-0.15, -0.1) is 0 Å². The molecule has 1 aromatic heterocycles. The van der Waals surface area contributed by atoms with Crippen LogP contribution in [0.25, 0.3) is 11.1 Å². The van der Waals surface area contributed by atoms with E-state index in [1.807, 2.05) is 12.1 Å². The first-order valence-corrected chi connectivity index (χ1v) is 5.34. The molecular formula is C13H12N2O2. The van der Waals surface area contributed by atoms with E-state index in [1.54, 1.807) is 31.5 Å². The van der Waals surface area contributed by atoms with Crippen LogP contribution in [-0.2, 0) is 4.74 Å². The second-order valence-electron chi connectivity index (χ2n) is 3.39. The predicted molar refractivity (Wildman–Crippen MR) is 63.4 cm³/mol. The smallest absolute Gasteiger partial charge is 0.338 e. The number of nitrogens with zero attached hydrogens (tertiary/aromatic N) is 2. The molecule has 0 unspecified atom stereocenters. The maximum Gasteiger partial charge on any atom is 0.338 e. The quantitative estimate of drug-likeness (QED) is 0.756. The minimum Gasteiger partial charge on any atom is -0.462 e. The van der Waals surface area contributed by atoms with Gasteiger partial charge in [0, 0.05) is 18.0 Å². The molecule has 0 saturated carbocycles. The van der Waals surface area contributed by atoms with Crippen LogP contribution in [0.2, 0.25) is 0 Å². The fourth-order valence-electron chi connectivity index (χ4n) is 1.56. The lowest BCUT2D eigenvalue weighted by Gasteiger charge is -2.07. The van der Waals surface area contributed by atoms with Crippen molar-refractivity contribution in [2.45, 2.75) is 6.92 Å². The van der Waals surface area contributed by atoms with Gasteiger partial charge in [-0.25, -0.2) is 14.8 Å². The Morgan fingerprint density at radius 2 is 1.94 bits per heavy atom. The zero-order valence-electron chi connectivity index (χ0n) is 9.46. The van der Waals surface area contributed by atoms with Gasteiger partial charge in [0.15, 0.2) is 0 Å². The molecule has 0 amide bonds. The molecule has 0 radical (unpaired) electrons. The molecule has 4 heteroatoms. The molecule has 0 aliphatic carbocycles. The molecular weight excluding hydrogens is 216 g/mol. The van der Waals surface area contributed by atoms with Gasteiger partial charge >= 0.3 is 5.97 Å². The Morgan fingerprint density at radius 3 is 2.65 bits per heavy atom. The van der Waals surface area contributed by atoms with E-state index >= 15 is 0 Å². The van der Waals surface area contributed by atoms with Gasteiger partial charge < -0.3 is 4.74 Å². The highest BCUT2D eigenvalue weighted by Gasteiger charge is 2.12. The molecule has 1 aromatic carbocycles. The molecule has 0 bridgehead atoms. The second kappa shape index (κ2) is 5.21. The summed E-state index contributed by atoms with van der Waals surface area (Å²) < 4.78 is 5.01. The molecule has 0 atom stereocenters. The first kappa shape index (κ1) is 11.3. The molecule has 4 nitrogen and oxygen atoms in total. The van der Waals surface area contributed by atoms with E-state index in [4.69, 9.17) is 4.74 Å². The number of rotatable bonds is 3. The number of aromatic nitrogens is 2. The largest absolute Gasteiger partial charge is 0.462 e. The van der Waals surface area contributed by atoms with Gasteiger partial charge in [-0.05, 0) is 18.6 Å². The number of hydrogen-bond acceptors (Lipinski definition) is 4. The van der Waals surface area contributed by atoms with E-state index in [-0.39, 0.29) is 5.97 Å². The zero-order valence-corrected chi connectivity index (χ0v) is 9.46. The topological polar surface area (TPSA) is 52.1 Å². The summed E-state index contributed by atoms with van der Waals surface area (Å²) in [6.45, 7) is 2.14. The number of carbonyl (C=O) groups is 1.